The molecule has 4 N–H and O–H groups in total. The molecule has 1 saturated heterocycles. The summed E-state index contributed by atoms with van der Waals surface area (Å²) in [4.78, 5) is 17.1. The Balaban J connectivity index is 1.38. The molecule has 17 heteroatoms. The standard InChI is InChI=1S/C31H31F3N8O5S/c1-17(18-3-6-21(32)7-4-18)47-25-13-19(5-8-24(25)39-48(45,46)30(33)34)27-26-28(40(2)38-27)23(15-36-29(26)35)20-14-37-42(16-20)22-9-11-41(12-10-22)31(43)44/h3-8,13-17,22,30,39H,9-12H2,1-2H3,(H2,35,36)(H,43,44)/t17-/m0/s1. The molecule has 1 amide bonds. The molecule has 0 spiro atoms. The van der Waals surface area contributed by atoms with Gasteiger partial charge in [0, 0.05) is 49.2 Å². The molecule has 1 fully saturated rings. The molecule has 13 nitrogen and oxygen atoms in total. The Kier molecular flexibility index (Phi) is 8.63. The van der Waals surface area contributed by atoms with Gasteiger partial charge in [-0.3, -0.25) is 14.1 Å². The lowest BCUT2D eigenvalue weighted by atomic mass is 10.0. The van der Waals surface area contributed by atoms with Crippen LogP contribution in [0.4, 0.5) is 29.5 Å². The van der Waals surface area contributed by atoms with Gasteiger partial charge in [0.05, 0.1) is 28.8 Å². The summed E-state index contributed by atoms with van der Waals surface area (Å²) in [6, 6.07) is 9.73. The highest BCUT2D eigenvalue weighted by Gasteiger charge is 2.28. The SMILES string of the molecule is C[C@H](Oc1cc(-c2nn(C)c3c(-c4cnn(C5CCN(C(=O)O)CC5)c4)cnc(N)c23)ccc1NS(=O)(=O)C(F)F)c1ccc(F)cc1. The van der Waals surface area contributed by atoms with Crippen molar-refractivity contribution in [2.24, 2.45) is 7.05 Å². The van der Waals surface area contributed by atoms with E-state index in [2.05, 4.69) is 10.1 Å². The third kappa shape index (κ3) is 6.32. The largest absolute Gasteiger partial charge is 0.484 e. The molecule has 1 aliphatic rings. The molecule has 5 aromatic rings. The number of alkyl halides is 2. The number of nitrogens with two attached hydrogens (primary N) is 1. The number of hydrogen-bond donors (Lipinski definition) is 3. The van der Waals surface area contributed by atoms with Crippen LogP contribution in [0.15, 0.2) is 61.1 Å². The van der Waals surface area contributed by atoms with Crippen LogP contribution in [0.1, 0.15) is 37.5 Å². The number of ether oxygens (including phenoxy) is 1. The fraction of sp³-hybridized carbons (Fsp3) is 0.290. The maximum absolute atomic E-state index is 13.5. The van der Waals surface area contributed by atoms with Gasteiger partial charge in [0.15, 0.2) is 0 Å². The fourth-order valence-electron chi connectivity index (χ4n) is 5.79. The number of carboxylic acid groups (broad SMARTS) is 1. The molecule has 3 aromatic heterocycles. The van der Waals surface area contributed by atoms with Crippen LogP contribution in [0.2, 0.25) is 0 Å². The maximum atomic E-state index is 13.5. The second-order valence-corrected chi connectivity index (χ2v) is 13.0. The highest BCUT2D eigenvalue weighted by molar-refractivity contribution is 7.93. The van der Waals surface area contributed by atoms with Gasteiger partial charge in [-0.25, -0.2) is 22.6 Å². The number of halogens is 3. The lowest BCUT2D eigenvalue weighted by molar-refractivity contribution is 0.124. The van der Waals surface area contributed by atoms with E-state index in [0.29, 0.717) is 59.2 Å². The van der Waals surface area contributed by atoms with Crippen molar-refractivity contribution in [2.75, 3.05) is 23.5 Å². The first kappa shape index (κ1) is 32.6. The fourth-order valence-corrected chi connectivity index (χ4v) is 6.35. The summed E-state index contributed by atoms with van der Waals surface area (Å²) in [5, 5.41) is 19.0. The Morgan fingerprint density at radius 2 is 1.81 bits per heavy atom. The van der Waals surface area contributed by atoms with E-state index < -0.39 is 33.8 Å². The number of piperidine rings is 1. The molecule has 0 radical (unpaired) electrons. The number of benzene rings is 2. The first-order valence-electron chi connectivity index (χ1n) is 14.8. The van der Waals surface area contributed by atoms with Gasteiger partial charge < -0.3 is 20.5 Å². The van der Waals surface area contributed by atoms with Gasteiger partial charge >= 0.3 is 11.9 Å². The Morgan fingerprint density at radius 1 is 1.10 bits per heavy atom. The van der Waals surface area contributed by atoms with Gasteiger partial charge in [0.25, 0.3) is 10.0 Å². The first-order valence-corrected chi connectivity index (χ1v) is 16.4. The Labute approximate surface area is 272 Å². The van der Waals surface area contributed by atoms with Crippen LogP contribution < -0.4 is 15.2 Å². The summed E-state index contributed by atoms with van der Waals surface area (Å²) in [6.07, 6.45) is 4.73. The van der Waals surface area contributed by atoms with Crippen LogP contribution in [-0.4, -0.2) is 67.9 Å². The van der Waals surface area contributed by atoms with Crippen LogP contribution in [-0.2, 0) is 17.1 Å². The second-order valence-electron chi connectivity index (χ2n) is 11.4. The number of aryl methyl sites for hydroxylation is 1. The van der Waals surface area contributed by atoms with Crippen LogP contribution >= 0.6 is 0 Å². The van der Waals surface area contributed by atoms with E-state index >= 15 is 0 Å². The molecule has 1 aliphatic heterocycles. The molecule has 0 aliphatic carbocycles. The van der Waals surface area contributed by atoms with Gasteiger partial charge in [-0.2, -0.15) is 19.0 Å². The Morgan fingerprint density at radius 3 is 2.48 bits per heavy atom. The van der Waals surface area contributed by atoms with Crippen LogP contribution in [0.25, 0.3) is 33.3 Å². The molecule has 4 heterocycles. The number of carbonyl (C=O) groups is 1. The number of aromatic nitrogens is 5. The lowest BCUT2D eigenvalue weighted by Gasteiger charge is -2.30. The number of pyridine rings is 1. The molecule has 1 atom stereocenters. The average molecular weight is 685 g/mol. The molecule has 0 saturated carbocycles. The van der Waals surface area contributed by atoms with E-state index in [1.54, 1.807) is 31.0 Å². The lowest BCUT2D eigenvalue weighted by Crippen LogP contribution is -2.38. The van der Waals surface area contributed by atoms with Crippen LogP contribution in [0, 0.1) is 5.82 Å². The predicted molar refractivity (Wildman–Crippen MR) is 171 cm³/mol. The van der Waals surface area contributed by atoms with E-state index in [9.17, 15) is 31.5 Å². The van der Waals surface area contributed by atoms with Gasteiger partial charge in [0.1, 0.15) is 29.2 Å². The zero-order valence-corrected chi connectivity index (χ0v) is 26.5. The van der Waals surface area contributed by atoms with Gasteiger partial charge in [0.2, 0.25) is 0 Å². The average Bonchev–Trinajstić information content (AvgIpc) is 3.68. The van der Waals surface area contributed by atoms with Crippen molar-refractivity contribution >= 4 is 38.5 Å². The van der Waals surface area contributed by atoms with E-state index in [1.807, 2.05) is 15.6 Å². The van der Waals surface area contributed by atoms with Gasteiger partial charge in [-0.1, -0.05) is 18.2 Å². The van der Waals surface area contributed by atoms with Crippen molar-refractivity contribution in [3.8, 4) is 28.1 Å². The number of anilines is 2. The highest BCUT2D eigenvalue weighted by Crippen LogP contribution is 2.40. The molecule has 0 bridgehead atoms. The minimum Gasteiger partial charge on any atom is -0.484 e. The highest BCUT2D eigenvalue weighted by atomic mass is 32.2. The third-order valence-corrected chi connectivity index (χ3v) is 9.27. The minimum absolute atomic E-state index is 0.0189. The molecule has 252 valence electrons. The number of hydrogen-bond acceptors (Lipinski definition) is 8. The number of nitrogens with one attached hydrogen (secondary N) is 1. The zero-order valence-electron chi connectivity index (χ0n) is 25.7. The smallest absolute Gasteiger partial charge is 0.407 e. The molecular formula is C31H31F3N8O5S. The van der Waals surface area contributed by atoms with Crippen molar-refractivity contribution in [3.63, 3.8) is 0 Å². The number of amides is 1. The van der Waals surface area contributed by atoms with Gasteiger partial charge in [-0.15, -0.1) is 0 Å². The monoisotopic (exact) mass is 684 g/mol. The number of sulfonamides is 1. The van der Waals surface area contributed by atoms with Crippen molar-refractivity contribution < 1.29 is 36.2 Å². The van der Waals surface area contributed by atoms with Crippen molar-refractivity contribution in [3.05, 3.63) is 72.4 Å². The molecule has 6 rings (SSSR count). The van der Waals surface area contributed by atoms with E-state index in [1.165, 1.54) is 47.4 Å². The molecule has 48 heavy (non-hydrogen) atoms. The summed E-state index contributed by atoms with van der Waals surface area (Å²) in [6.45, 7) is 2.46. The molecule has 0 unspecified atom stereocenters. The number of nitrogen functional groups attached to an aromatic ring is 1. The van der Waals surface area contributed by atoms with Crippen molar-refractivity contribution in [2.45, 2.75) is 37.7 Å². The molecular weight excluding hydrogens is 653 g/mol. The summed E-state index contributed by atoms with van der Waals surface area (Å²) in [7, 11) is -3.32. The summed E-state index contributed by atoms with van der Waals surface area (Å²) in [5.74, 6) is -4.06. The van der Waals surface area contributed by atoms with Crippen molar-refractivity contribution in [1.29, 1.82) is 0 Å². The normalized spacial score (nSPS) is 14.8. The number of likely N-dealkylation sites (tertiary alicyclic amines) is 1. The maximum Gasteiger partial charge on any atom is 0.407 e. The summed E-state index contributed by atoms with van der Waals surface area (Å²) in [5.41, 5.74) is 9.55. The third-order valence-electron chi connectivity index (χ3n) is 8.30. The minimum atomic E-state index is -5.04. The quantitative estimate of drug-likeness (QED) is 0.178. The Bertz CT molecular complexity index is 2100. The second kappa shape index (κ2) is 12.7. The van der Waals surface area contributed by atoms with E-state index in [0.717, 1.165) is 5.56 Å². The zero-order chi connectivity index (χ0) is 34.3. The van der Waals surface area contributed by atoms with E-state index in [4.69, 9.17) is 15.6 Å². The Hall–Kier alpha value is -5.32. The first-order chi connectivity index (χ1) is 22.8. The number of nitrogens with zero attached hydrogens (tertiary/aromatic N) is 6. The topological polar surface area (TPSA) is 170 Å². The van der Waals surface area contributed by atoms with Gasteiger partial charge in [-0.05, 0) is 49.6 Å². The predicted octanol–water partition coefficient (Wildman–Crippen LogP) is 5.64. The number of fused-ring (bicyclic) bond motifs is 1. The van der Waals surface area contributed by atoms with Crippen molar-refractivity contribution in [1.82, 2.24) is 29.4 Å². The summed E-state index contributed by atoms with van der Waals surface area (Å²) >= 11 is 0. The summed E-state index contributed by atoms with van der Waals surface area (Å²) < 4.78 is 75.7. The van der Waals surface area contributed by atoms with E-state index in [-0.39, 0.29) is 23.3 Å². The van der Waals surface area contributed by atoms with Crippen LogP contribution in [0.3, 0.4) is 0 Å². The molecule has 2 aromatic carbocycles. The van der Waals surface area contributed by atoms with Crippen LogP contribution in [0.5, 0.6) is 5.75 Å². The number of rotatable bonds is 9.